The van der Waals surface area contributed by atoms with E-state index in [1.807, 2.05) is 13.1 Å². The van der Waals surface area contributed by atoms with Crippen LogP contribution in [0, 0.1) is 13.8 Å². The second kappa shape index (κ2) is 7.48. The van der Waals surface area contributed by atoms with Gasteiger partial charge < -0.3 is 15.6 Å². The highest BCUT2D eigenvalue weighted by molar-refractivity contribution is 5.43. The van der Waals surface area contributed by atoms with Crippen LogP contribution in [0.2, 0.25) is 0 Å². The van der Waals surface area contributed by atoms with Crippen LogP contribution in [0.3, 0.4) is 0 Å². The number of hydrogen-bond acceptors (Lipinski definition) is 4. The average molecular weight is 266 g/mol. The Labute approximate surface area is 116 Å². The van der Waals surface area contributed by atoms with Crippen molar-refractivity contribution in [2.75, 3.05) is 27.2 Å². The first-order chi connectivity index (χ1) is 8.99. The zero-order chi connectivity index (χ0) is 14.4. The van der Waals surface area contributed by atoms with Gasteiger partial charge in [0.05, 0.1) is 13.2 Å². The lowest BCUT2D eigenvalue weighted by atomic mass is 10.0. The van der Waals surface area contributed by atoms with E-state index in [4.69, 9.17) is 10.5 Å². The molecule has 0 aliphatic carbocycles. The predicted octanol–water partition coefficient (Wildman–Crippen LogP) is 1.45. The maximum atomic E-state index is 9.76. The highest BCUT2D eigenvalue weighted by Crippen LogP contribution is 2.24. The first-order valence-corrected chi connectivity index (χ1v) is 6.69. The quantitative estimate of drug-likeness (QED) is 0.784. The molecule has 0 radical (unpaired) electrons. The molecule has 3 N–H and O–H groups in total. The van der Waals surface area contributed by atoms with Crippen molar-refractivity contribution < 1.29 is 9.84 Å². The molecule has 0 heterocycles. The van der Waals surface area contributed by atoms with Gasteiger partial charge in [-0.3, -0.25) is 4.90 Å². The van der Waals surface area contributed by atoms with Gasteiger partial charge in [0.1, 0.15) is 5.75 Å². The molecule has 1 atom stereocenters. The minimum Gasteiger partial charge on any atom is -0.496 e. The molecule has 0 aliphatic rings. The van der Waals surface area contributed by atoms with Crippen molar-refractivity contribution in [2.24, 2.45) is 5.73 Å². The van der Waals surface area contributed by atoms with E-state index >= 15 is 0 Å². The molecule has 4 nitrogen and oxygen atoms in total. The molecule has 19 heavy (non-hydrogen) atoms. The Morgan fingerprint density at radius 1 is 1.32 bits per heavy atom. The first-order valence-electron chi connectivity index (χ1n) is 6.69. The molecule has 0 spiro atoms. The summed E-state index contributed by atoms with van der Waals surface area (Å²) in [6.45, 7) is 6.16. The van der Waals surface area contributed by atoms with Gasteiger partial charge in [0.25, 0.3) is 0 Å². The number of nitrogens with two attached hydrogens (primary N) is 1. The van der Waals surface area contributed by atoms with Crippen LogP contribution in [0.1, 0.15) is 23.1 Å². The molecule has 0 amide bonds. The van der Waals surface area contributed by atoms with Crippen LogP contribution in [0.5, 0.6) is 5.75 Å². The highest BCUT2D eigenvalue weighted by Gasteiger charge is 2.11. The van der Waals surface area contributed by atoms with Crippen molar-refractivity contribution >= 4 is 0 Å². The number of aliphatic hydroxyl groups excluding tert-OH is 1. The fraction of sp³-hybridized carbons (Fsp3) is 0.600. The second-order valence-corrected chi connectivity index (χ2v) is 5.10. The van der Waals surface area contributed by atoms with E-state index < -0.39 is 0 Å². The number of methoxy groups -OCH3 is 1. The van der Waals surface area contributed by atoms with Gasteiger partial charge in [0.2, 0.25) is 0 Å². The van der Waals surface area contributed by atoms with Gasteiger partial charge in [-0.05, 0) is 56.6 Å². The molecule has 4 heteroatoms. The van der Waals surface area contributed by atoms with Crippen molar-refractivity contribution in [3.8, 4) is 5.75 Å². The summed E-state index contributed by atoms with van der Waals surface area (Å²) in [5.41, 5.74) is 9.13. The molecule has 1 unspecified atom stereocenters. The van der Waals surface area contributed by atoms with Crippen molar-refractivity contribution in [2.45, 2.75) is 32.9 Å². The van der Waals surface area contributed by atoms with E-state index in [9.17, 15) is 5.11 Å². The predicted molar refractivity (Wildman–Crippen MR) is 78.5 cm³/mol. The number of aliphatic hydroxyl groups is 1. The Bertz CT molecular complexity index is 407. The SMILES string of the molecule is COc1ccc(CN(C)CC(O)CCN)c(C)c1C. The minimum atomic E-state index is -0.352. The van der Waals surface area contributed by atoms with Crippen molar-refractivity contribution in [3.63, 3.8) is 0 Å². The summed E-state index contributed by atoms with van der Waals surface area (Å²) < 4.78 is 5.31. The van der Waals surface area contributed by atoms with Gasteiger partial charge in [-0.1, -0.05) is 6.07 Å². The van der Waals surface area contributed by atoms with Gasteiger partial charge in [-0.2, -0.15) is 0 Å². The summed E-state index contributed by atoms with van der Waals surface area (Å²) in [6.07, 6.45) is 0.292. The molecule has 0 aliphatic heterocycles. The Morgan fingerprint density at radius 2 is 2.00 bits per heavy atom. The molecular weight excluding hydrogens is 240 g/mol. The molecule has 1 aromatic rings. The normalized spacial score (nSPS) is 12.8. The van der Waals surface area contributed by atoms with E-state index in [2.05, 4.69) is 24.8 Å². The van der Waals surface area contributed by atoms with Crippen LogP contribution in [-0.2, 0) is 6.54 Å². The van der Waals surface area contributed by atoms with Gasteiger partial charge in [0, 0.05) is 13.1 Å². The van der Waals surface area contributed by atoms with Gasteiger partial charge >= 0.3 is 0 Å². The topological polar surface area (TPSA) is 58.7 Å². The van der Waals surface area contributed by atoms with Gasteiger partial charge in [-0.25, -0.2) is 0 Å². The molecule has 0 bridgehead atoms. The summed E-state index contributed by atoms with van der Waals surface area (Å²) in [7, 11) is 3.70. The molecule has 1 aromatic carbocycles. The third-order valence-electron chi connectivity index (χ3n) is 3.53. The standard InChI is InChI=1S/C15H26N2O2/c1-11-12(2)15(19-4)6-5-13(11)9-17(3)10-14(18)7-8-16/h5-6,14,18H,7-10,16H2,1-4H3. The maximum Gasteiger partial charge on any atom is 0.122 e. The third-order valence-corrected chi connectivity index (χ3v) is 3.53. The average Bonchev–Trinajstić information content (AvgIpc) is 2.35. The van der Waals surface area contributed by atoms with Crippen LogP contribution in [0.4, 0.5) is 0 Å². The Balaban J connectivity index is 2.69. The largest absolute Gasteiger partial charge is 0.496 e. The van der Waals surface area contributed by atoms with Crippen LogP contribution < -0.4 is 10.5 Å². The summed E-state index contributed by atoms with van der Waals surface area (Å²) in [6, 6.07) is 4.09. The monoisotopic (exact) mass is 266 g/mol. The number of hydrogen-bond donors (Lipinski definition) is 2. The fourth-order valence-corrected chi connectivity index (χ4v) is 2.24. The highest BCUT2D eigenvalue weighted by atomic mass is 16.5. The number of nitrogens with zero attached hydrogens (tertiary/aromatic N) is 1. The summed E-state index contributed by atoms with van der Waals surface area (Å²) in [4.78, 5) is 2.12. The summed E-state index contributed by atoms with van der Waals surface area (Å²) in [5.74, 6) is 0.923. The van der Waals surface area contributed by atoms with Gasteiger partial charge in [-0.15, -0.1) is 0 Å². The Kier molecular flexibility index (Phi) is 6.28. The van der Waals surface area contributed by atoms with Crippen LogP contribution in [-0.4, -0.2) is 43.4 Å². The molecule has 1 rings (SSSR count). The molecule has 0 aromatic heterocycles. The fourth-order valence-electron chi connectivity index (χ4n) is 2.24. The van der Waals surface area contributed by atoms with E-state index in [-0.39, 0.29) is 6.10 Å². The van der Waals surface area contributed by atoms with E-state index in [1.165, 1.54) is 16.7 Å². The lowest BCUT2D eigenvalue weighted by Gasteiger charge is -2.22. The van der Waals surface area contributed by atoms with Crippen molar-refractivity contribution in [3.05, 3.63) is 28.8 Å². The van der Waals surface area contributed by atoms with E-state index in [0.29, 0.717) is 19.5 Å². The van der Waals surface area contributed by atoms with Crippen LogP contribution >= 0.6 is 0 Å². The van der Waals surface area contributed by atoms with E-state index in [0.717, 1.165) is 12.3 Å². The summed E-state index contributed by atoms with van der Waals surface area (Å²) in [5, 5.41) is 9.76. The lowest BCUT2D eigenvalue weighted by molar-refractivity contribution is 0.117. The Morgan fingerprint density at radius 3 is 2.58 bits per heavy atom. The molecule has 0 saturated carbocycles. The van der Waals surface area contributed by atoms with E-state index in [1.54, 1.807) is 7.11 Å². The smallest absolute Gasteiger partial charge is 0.122 e. The molecular formula is C15H26N2O2. The first kappa shape index (κ1) is 16.0. The number of likely N-dealkylation sites (N-methyl/N-ethyl adjacent to an activating group) is 1. The van der Waals surface area contributed by atoms with Crippen molar-refractivity contribution in [1.82, 2.24) is 4.90 Å². The number of benzene rings is 1. The van der Waals surface area contributed by atoms with Crippen molar-refractivity contribution in [1.29, 1.82) is 0 Å². The zero-order valence-corrected chi connectivity index (χ0v) is 12.4. The third kappa shape index (κ3) is 4.49. The number of ether oxygens (including phenoxy) is 1. The maximum absolute atomic E-state index is 9.76. The van der Waals surface area contributed by atoms with Crippen LogP contribution in [0.15, 0.2) is 12.1 Å². The summed E-state index contributed by atoms with van der Waals surface area (Å²) >= 11 is 0. The molecule has 0 saturated heterocycles. The molecule has 108 valence electrons. The van der Waals surface area contributed by atoms with Gasteiger partial charge in [0.15, 0.2) is 0 Å². The zero-order valence-electron chi connectivity index (χ0n) is 12.4. The lowest BCUT2D eigenvalue weighted by Crippen LogP contribution is -2.30. The number of rotatable bonds is 7. The minimum absolute atomic E-state index is 0.352. The Hall–Kier alpha value is -1.10. The molecule has 0 fully saturated rings. The second-order valence-electron chi connectivity index (χ2n) is 5.10. The van der Waals surface area contributed by atoms with Crippen LogP contribution in [0.25, 0.3) is 0 Å².